The molecule has 0 aliphatic carbocycles. The number of carbonyl (C=O) groups is 2. The highest BCUT2D eigenvalue weighted by atomic mass is 32.2. The van der Waals surface area contributed by atoms with Crippen molar-refractivity contribution in [1.29, 1.82) is 0 Å². The average Bonchev–Trinajstić information content (AvgIpc) is 3.17. The maximum atomic E-state index is 13.2. The van der Waals surface area contributed by atoms with Crippen LogP contribution in [0.15, 0.2) is 44.9 Å². The van der Waals surface area contributed by atoms with Crippen LogP contribution in [-0.4, -0.2) is 55.4 Å². The summed E-state index contributed by atoms with van der Waals surface area (Å²) in [5, 5.41) is 3.79. The zero-order valence-electron chi connectivity index (χ0n) is 14.2. The molecule has 0 spiro atoms. The summed E-state index contributed by atoms with van der Waals surface area (Å²) in [5.41, 5.74) is 0.729. The van der Waals surface area contributed by atoms with Crippen molar-refractivity contribution in [2.24, 2.45) is 0 Å². The van der Waals surface area contributed by atoms with Crippen LogP contribution in [0.1, 0.15) is 16.8 Å². The minimum atomic E-state index is -0.644. The van der Waals surface area contributed by atoms with Crippen molar-refractivity contribution in [2.75, 3.05) is 32.8 Å². The van der Waals surface area contributed by atoms with Crippen molar-refractivity contribution < 1.29 is 19.1 Å². The van der Waals surface area contributed by atoms with E-state index in [-0.39, 0.29) is 17.1 Å². The molecule has 0 bridgehead atoms. The molecule has 3 aliphatic rings. The van der Waals surface area contributed by atoms with Crippen LogP contribution in [0, 0.1) is 0 Å². The number of rotatable bonds is 3. The number of ether oxygens (including phenoxy) is 2. The Hall–Kier alpha value is -1.54. The van der Waals surface area contributed by atoms with E-state index in [0.717, 1.165) is 37.1 Å². The smallest absolute Gasteiger partial charge is 0.208 e. The largest absolute Gasteiger partial charge is 0.481 e. The summed E-state index contributed by atoms with van der Waals surface area (Å²) in [5.74, 6) is 0.0470. The molecule has 0 radical (unpaired) electrons. The Kier molecular flexibility index (Phi) is 5.49. The summed E-state index contributed by atoms with van der Waals surface area (Å²) in [6, 6.07) is 7.12. The molecule has 1 fully saturated rings. The zero-order valence-corrected chi connectivity index (χ0v) is 15.8. The molecule has 3 aliphatic heterocycles. The lowest BCUT2D eigenvalue weighted by molar-refractivity contribution is -0.122. The van der Waals surface area contributed by atoms with Crippen LogP contribution in [-0.2, 0) is 9.53 Å². The van der Waals surface area contributed by atoms with Crippen LogP contribution < -0.4 is 4.74 Å². The highest BCUT2D eigenvalue weighted by Crippen LogP contribution is 2.43. The Bertz CT molecular complexity index is 773. The van der Waals surface area contributed by atoms with Crippen molar-refractivity contribution in [3.8, 4) is 5.75 Å². The van der Waals surface area contributed by atoms with E-state index in [2.05, 4.69) is 4.90 Å². The van der Waals surface area contributed by atoms with E-state index in [1.165, 1.54) is 23.5 Å². The third kappa shape index (κ3) is 3.62. The van der Waals surface area contributed by atoms with Gasteiger partial charge in [0.15, 0.2) is 6.10 Å². The third-order valence-electron chi connectivity index (χ3n) is 4.59. The molecule has 0 amide bonds. The molecule has 1 aromatic rings. The lowest BCUT2D eigenvalue weighted by Crippen LogP contribution is -2.40. The fraction of sp³-hybridized carbons (Fsp3) is 0.368. The molecular formula is C19H19NO4S2. The summed E-state index contributed by atoms with van der Waals surface area (Å²) < 4.78 is 12.1. The summed E-state index contributed by atoms with van der Waals surface area (Å²) in [6.07, 6.45) is -0.0882. The average molecular weight is 389 g/mol. The minimum Gasteiger partial charge on any atom is -0.481 e. The first kappa shape index (κ1) is 17.9. The van der Waals surface area contributed by atoms with E-state index in [4.69, 9.17) is 9.47 Å². The summed E-state index contributed by atoms with van der Waals surface area (Å²) in [4.78, 5) is 28.5. The van der Waals surface area contributed by atoms with Gasteiger partial charge < -0.3 is 9.47 Å². The molecule has 26 heavy (non-hydrogen) atoms. The number of fused-ring (bicyclic) bond motifs is 1. The number of hydrogen-bond acceptors (Lipinski definition) is 7. The SMILES string of the molecule is O=C1C(=C2SC=CS2)C(=O)C(CCN2CCOCC2)Oc2ccccc21. The standard InChI is InChI=1S/C19H19NO4S2/c21-17-13-3-1-2-4-14(13)24-15(5-6-20-7-9-23-10-8-20)18(22)16(17)19-25-11-12-26-19/h1-4,11-12,15H,5-10H2. The molecule has 0 N–H and O–H groups in total. The van der Waals surface area contributed by atoms with Gasteiger partial charge in [0.2, 0.25) is 11.6 Å². The summed E-state index contributed by atoms with van der Waals surface area (Å²) >= 11 is 2.85. The van der Waals surface area contributed by atoms with Crippen molar-refractivity contribution in [2.45, 2.75) is 12.5 Å². The van der Waals surface area contributed by atoms with E-state index in [9.17, 15) is 9.59 Å². The number of thioether (sulfide) groups is 2. The molecule has 4 rings (SSSR count). The number of para-hydroxylation sites is 1. The molecule has 3 heterocycles. The second-order valence-electron chi connectivity index (χ2n) is 6.21. The Morgan fingerprint density at radius 2 is 1.81 bits per heavy atom. The molecule has 136 valence electrons. The number of benzene rings is 1. The first-order chi connectivity index (χ1) is 12.7. The van der Waals surface area contributed by atoms with Crippen LogP contribution in [0.3, 0.4) is 0 Å². The van der Waals surface area contributed by atoms with Gasteiger partial charge in [-0.15, -0.1) is 0 Å². The molecule has 7 heteroatoms. The van der Waals surface area contributed by atoms with Gasteiger partial charge in [0.1, 0.15) is 5.75 Å². The van der Waals surface area contributed by atoms with Gasteiger partial charge in [-0.2, -0.15) is 0 Å². The monoisotopic (exact) mass is 389 g/mol. The molecule has 5 nitrogen and oxygen atoms in total. The van der Waals surface area contributed by atoms with Crippen LogP contribution in [0.2, 0.25) is 0 Å². The van der Waals surface area contributed by atoms with E-state index < -0.39 is 6.10 Å². The molecule has 0 aromatic heterocycles. The second-order valence-corrected chi connectivity index (χ2v) is 8.30. The van der Waals surface area contributed by atoms with E-state index in [1.54, 1.807) is 18.2 Å². The van der Waals surface area contributed by atoms with Gasteiger partial charge in [0, 0.05) is 26.1 Å². The Labute approximate surface area is 160 Å². The normalized spacial score (nSPS) is 23.8. The van der Waals surface area contributed by atoms with Gasteiger partial charge in [-0.1, -0.05) is 35.7 Å². The highest BCUT2D eigenvalue weighted by molar-refractivity contribution is 8.27. The van der Waals surface area contributed by atoms with E-state index >= 15 is 0 Å². The van der Waals surface area contributed by atoms with Crippen LogP contribution in [0.25, 0.3) is 0 Å². The first-order valence-electron chi connectivity index (χ1n) is 8.61. The quantitative estimate of drug-likeness (QED) is 0.582. The van der Waals surface area contributed by atoms with Crippen molar-refractivity contribution in [3.05, 3.63) is 50.5 Å². The van der Waals surface area contributed by atoms with Gasteiger partial charge in [-0.25, -0.2) is 0 Å². The molecule has 1 atom stereocenters. The van der Waals surface area contributed by atoms with Crippen LogP contribution >= 0.6 is 23.5 Å². The molecule has 1 saturated heterocycles. The molecule has 0 saturated carbocycles. The Morgan fingerprint density at radius 1 is 1.08 bits per heavy atom. The van der Waals surface area contributed by atoms with Crippen molar-refractivity contribution >= 4 is 35.1 Å². The number of Topliss-reactive ketones (excluding diaryl/α,β-unsaturated/α-hetero) is 2. The predicted octanol–water partition coefficient (Wildman–Crippen LogP) is 3.08. The van der Waals surface area contributed by atoms with Crippen molar-refractivity contribution in [1.82, 2.24) is 4.90 Å². The molecule has 1 aromatic carbocycles. The molecular weight excluding hydrogens is 370 g/mol. The topological polar surface area (TPSA) is 55.8 Å². The lowest BCUT2D eigenvalue weighted by atomic mass is 9.98. The lowest BCUT2D eigenvalue weighted by Gasteiger charge is -2.28. The number of ketones is 2. The third-order valence-corrected chi connectivity index (χ3v) is 6.72. The van der Waals surface area contributed by atoms with E-state index in [0.29, 0.717) is 17.7 Å². The van der Waals surface area contributed by atoms with Gasteiger partial charge in [-0.3, -0.25) is 14.5 Å². The fourth-order valence-electron chi connectivity index (χ4n) is 3.20. The van der Waals surface area contributed by atoms with Gasteiger partial charge >= 0.3 is 0 Å². The maximum Gasteiger partial charge on any atom is 0.208 e. The number of hydrogen-bond donors (Lipinski definition) is 0. The van der Waals surface area contributed by atoms with Crippen LogP contribution in [0.4, 0.5) is 0 Å². The summed E-state index contributed by atoms with van der Waals surface area (Å²) in [7, 11) is 0. The maximum absolute atomic E-state index is 13.2. The van der Waals surface area contributed by atoms with Gasteiger partial charge in [0.25, 0.3) is 0 Å². The highest BCUT2D eigenvalue weighted by Gasteiger charge is 2.37. The fourth-order valence-corrected chi connectivity index (χ4v) is 5.07. The molecule has 1 unspecified atom stereocenters. The first-order valence-corrected chi connectivity index (χ1v) is 10.4. The second kappa shape index (κ2) is 8.00. The minimum absolute atomic E-state index is 0.210. The number of morpholine rings is 1. The van der Waals surface area contributed by atoms with Crippen molar-refractivity contribution in [3.63, 3.8) is 0 Å². The van der Waals surface area contributed by atoms with Crippen LogP contribution in [0.5, 0.6) is 5.75 Å². The number of carbonyl (C=O) groups excluding carboxylic acids is 2. The van der Waals surface area contributed by atoms with Gasteiger partial charge in [0.05, 0.1) is 28.6 Å². The zero-order chi connectivity index (χ0) is 17.9. The van der Waals surface area contributed by atoms with E-state index in [1.807, 2.05) is 16.9 Å². The van der Waals surface area contributed by atoms with Gasteiger partial charge in [-0.05, 0) is 22.9 Å². The Balaban J connectivity index is 1.62. The predicted molar refractivity (Wildman–Crippen MR) is 103 cm³/mol. The Morgan fingerprint density at radius 3 is 2.58 bits per heavy atom. The summed E-state index contributed by atoms with van der Waals surface area (Å²) in [6.45, 7) is 3.90. The number of nitrogens with zero attached hydrogens (tertiary/aromatic N) is 1.